The molecular weight excluding hydrogens is 363 g/mol. The first kappa shape index (κ1) is 17.8. The van der Waals surface area contributed by atoms with Crippen LogP contribution in [-0.2, 0) is 16.0 Å². The number of aromatic nitrogens is 2. The van der Waals surface area contributed by atoms with Crippen LogP contribution in [0, 0.1) is 11.7 Å². The third-order valence-corrected chi connectivity index (χ3v) is 4.53. The average Bonchev–Trinajstić information content (AvgIpc) is 3.31. The van der Waals surface area contributed by atoms with Crippen LogP contribution in [0.5, 0.6) is 0 Å². The molecule has 1 aliphatic rings. The summed E-state index contributed by atoms with van der Waals surface area (Å²) in [5.74, 6) is -0.967. The van der Waals surface area contributed by atoms with Crippen molar-refractivity contribution in [1.82, 2.24) is 10.2 Å². The SMILES string of the molecule is O=C(Nc1nnc(Cc2ccc(F)cc2)o1)C1CC(=O)N(c2ccccc2)C1. The molecule has 1 saturated heterocycles. The zero-order valence-corrected chi connectivity index (χ0v) is 14.8. The van der Waals surface area contributed by atoms with Gasteiger partial charge in [0.1, 0.15) is 5.82 Å². The van der Waals surface area contributed by atoms with Crippen molar-refractivity contribution in [2.45, 2.75) is 12.8 Å². The molecule has 0 saturated carbocycles. The number of carbonyl (C=O) groups is 2. The van der Waals surface area contributed by atoms with Gasteiger partial charge >= 0.3 is 6.01 Å². The van der Waals surface area contributed by atoms with Gasteiger partial charge in [-0.25, -0.2) is 4.39 Å². The van der Waals surface area contributed by atoms with Crippen LogP contribution in [0.4, 0.5) is 16.1 Å². The second kappa shape index (κ2) is 7.59. The smallest absolute Gasteiger partial charge is 0.322 e. The molecule has 7 nitrogen and oxygen atoms in total. The Morgan fingerprint density at radius 3 is 2.64 bits per heavy atom. The molecule has 8 heteroatoms. The normalized spacial score (nSPS) is 16.4. The van der Waals surface area contributed by atoms with E-state index in [-0.39, 0.29) is 30.1 Å². The van der Waals surface area contributed by atoms with Gasteiger partial charge in [0.25, 0.3) is 0 Å². The van der Waals surface area contributed by atoms with Crippen LogP contribution in [0.2, 0.25) is 0 Å². The Kier molecular flexibility index (Phi) is 4.84. The fourth-order valence-electron chi connectivity index (χ4n) is 3.10. The molecule has 1 N–H and O–H groups in total. The van der Waals surface area contributed by atoms with E-state index in [1.807, 2.05) is 30.3 Å². The minimum Gasteiger partial charge on any atom is -0.407 e. The van der Waals surface area contributed by atoms with Crippen LogP contribution >= 0.6 is 0 Å². The van der Waals surface area contributed by atoms with Crippen LogP contribution in [-0.4, -0.2) is 28.6 Å². The highest BCUT2D eigenvalue weighted by atomic mass is 19.1. The maximum Gasteiger partial charge on any atom is 0.322 e. The van der Waals surface area contributed by atoms with Gasteiger partial charge in [-0.2, -0.15) is 0 Å². The van der Waals surface area contributed by atoms with Gasteiger partial charge < -0.3 is 9.32 Å². The molecule has 0 radical (unpaired) electrons. The number of anilines is 2. The highest BCUT2D eigenvalue weighted by Gasteiger charge is 2.35. The highest BCUT2D eigenvalue weighted by Crippen LogP contribution is 2.25. The number of rotatable bonds is 5. The number of hydrogen-bond acceptors (Lipinski definition) is 5. The number of amides is 2. The summed E-state index contributed by atoms with van der Waals surface area (Å²) < 4.78 is 18.4. The van der Waals surface area contributed by atoms with Gasteiger partial charge in [-0.15, -0.1) is 5.10 Å². The molecule has 2 heterocycles. The van der Waals surface area contributed by atoms with E-state index in [9.17, 15) is 14.0 Å². The molecule has 28 heavy (non-hydrogen) atoms. The first-order valence-corrected chi connectivity index (χ1v) is 8.81. The van der Waals surface area contributed by atoms with E-state index in [4.69, 9.17) is 4.42 Å². The monoisotopic (exact) mass is 380 g/mol. The Morgan fingerprint density at radius 1 is 1.14 bits per heavy atom. The zero-order valence-electron chi connectivity index (χ0n) is 14.8. The Bertz CT molecular complexity index is 988. The van der Waals surface area contributed by atoms with Crippen molar-refractivity contribution in [2.24, 2.45) is 5.92 Å². The van der Waals surface area contributed by atoms with Gasteiger partial charge in [-0.1, -0.05) is 35.4 Å². The lowest BCUT2D eigenvalue weighted by atomic mass is 10.1. The second-order valence-electron chi connectivity index (χ2n) is 6.53. The molecule has 142 valence electrons. The van der Waals surface area contributed by atoms with Crippen molar-refractivity contribution in [3.05, 3.63) is 71.9 Å². The van der Waals surface area contributed by atoms with Gasteiger partial charge in [0.15, 0.2) is 0 Å². The van der Waals surface area contributed by atoms with Gasteiger partial charge in [-0.3, -0.25) is 14.9 Å². The van der Waals surface area contributed by atoms with E-state index in [2.05, 4.69) is 15.5 Å². The summed E-state index contributed by atoms with van der Waals surface area (Å²) in [6, 6.07) is 15.2. The van der Waals surface area contributed by atoms with Crippen LogP contribution in [0.25, 0.3) is 0 Å². The minimum atomic E-state index is -0.500. The van der Waals surface area contributed by atoms with E-state index in [1.54, 1.807) is 17.0 Å². The minimum absolute atomic E-state index is 0.0206. The fourth-order valence-corrected chi connectivity index (χ4v) is 3.10. The summed E-state index contributed by atoms with van der Waals surface area (Å²) in [6.45, 7) is 0.297. The summed E-state index contributed by atoms with van der Waals surface area (Å²) >= 11 is 0. The van der Waals surface area contributed by atoms with Crippen molar-refractivity contribution in [2.75, 3.05) is 16.8 Å². The van der Waals surface area contributed by atoms with Crippen LogP contribution in [0.15, 0.2) is 59.0 Å². The molecule has 4 rings (SSSR count). The largest absolute Gasteiger partial charge is 0.407 e. The lowest BCUT2D eigenvalue weighted by Gasteiger charge is -2.16. The molecule has 0 spiro atoms. The molecule has 1 atom stereocenters. The predicted molar refractivity (Wildman–Crippen MR) is 99.0 cm³/mol. The molecule has 3 aromatic rings. The average molecular weight is 380 g/mol. The number of carbonyl (C=O) groups excluding carboxylic acids is 2. The summed E-state index contributed by atoms with van der Waals surface area (Å²) in [6.07, 6.45) is 0.449. The highest BCUT2D eigenvalue weighted by molar-refractivity contribution is 6.02. The molecule has 1 unspecified atom stereocenters. The number of halogens is 1. The first-order valence-electron chi connectivity index (χ1n) is 8.81. The molecule has 2 amide bonds. The van der Waals surface area contributed by atoms with E-state index < -0.39 is 5.92 Å². The van der Waals surface area contributed by atoms with E-state index in [1.165, 1.54) is 12.1 Å². The summed E-state index contributed by atoms with van der Waals surface area (Å²) in [4.78, 5) is 26.3. The number of nitrogens with one attached hydrogen (secondary N) is 1. The van der Waals surface area contributed by atoms with Gasteiger partial charge in [0.05, 0.1) is 12.3 Å². The third-order valence-electron chi connectivity index (χ3n) is 4.53. The number of hydrogen-bond donors (Lipinski definition) is 1. The quantitative estimate of drug-likeness (QED) is 0.735. The number of benzene rings is 2. The van der Waals surface area contributed by atoms with Crippen LogP contribution in [0.1, 0.15) is 17.9 Å². The molecule has 0 bridgehead atoms. The second-order valence-corrected chi connectivity index (χ2v) is 6.53. The zero-order chi connectivity index (χ0) is 19.5. The Hall–Kier alpha value is -3.55. The van der Waals surface area contributed by atoms with Crippen LogP contribution in [0.3, 0.4) is 0 Å². The first-order chi connectivity index (χ1) is 13.6. The van der Waals surface area contributed by atoms with Crippen molar-refractivity contribution >= 4 is 23.5 Å². The lowest BCUT2D eigenvalue weighted by molar-refractivity contribution is -0.122. The lowest BCUT2D eigenvalue weighted by Crippen LogP contribution is -2.28. The van der Waals surface area contributed by atoms with E-state index in [0.717, 1.165) is 11.3 Å². The predicted octanol–water partition coefficient (Wildman–Crippen LogP) is 2.79. The number of para-hydroxylation sites is 1. The van der Waals surface area contributed by atoms with Crippen LogP contribution < -0.4 is 10.2 Å². The Morgan fingerprint density at radius 2 is 1.89 bits per heavy atom. The summed E-state index contributed by atoms with van der Waals surface area (Å²) in [5.41, 5.74) is 1.57. The van der Waals surface area contributed by atoms with Gasteiger partial charge in [0, 0.05) is 18.7 Å². The molecule has 1 aliphatic heterocycles. The maximum absolute atomic E-state index is 13.0. The van der Waals surface area contributed by atoms with Gasteiger partial charge in [0.2, 0.25) is 17.7 Å². The molecule has 2 aromatic carbocycles. The number of nitrogens with zero attached hydrogens (tertiary/aromatic N) is 3. The van der Waals surface area contributed by atoms with E-state index in [0.29, 0.717) is 18.9 Å². The summed E-state index contributed by atoms with van der Waals surface area (Å²) in [7, 11) is 0. The Balaban J connectivity index is 1.37. The molecule has 0 aliphatic carbocycles. The summed E-state index contributed by atoms with van der Waals surface area (Å²) in [5, 5.41) is 10.3. The van der Waals surface area contributed by atoms with E-state index >= 15 is 0 Å². The molecule has 1 aromatic heterocycles. The standard InChI is InChI=1S/C20H17FN4O3/c21-15-8-6-13(7-9-15)10-17-23-24-20(28-17)22-19(27)14-11-18(26)25(12-14)16-4-2-1-3-5-16/h1-9,14H,10-12H2,(H,22,24,27). The molecule has 1 fully saturated rings. The van der Waals surface area contributed by atoms with Crippen molar-refractivity contribution in [3.63, 3.8) is 0 Å². The maximum atomic E-state index is 13.0. The topological polar surface area (TPSA) is 88.3 Å². The van der Waals surface area contributed by atoms with Crippen molar-refractivity contribution in [3.8, 4) is 0 Å². The van der Waals surface area contributed by atoms with Crippen molar-refractivity contribution in [1.29, 1.82) is 0 Å². The van der Waals surface area contributed by atoms with Gasteiger partial charge in [-0.05, 0) is 29.8 Å². The third kappa shape index (κ3) is 3.90. The molecular formula is C20H17FN4O3. The van der Waals surface area contributed by atoms with Crippen molar-refractivity contribution < 1.29 is 18.4 Å². The Labute approximate surface area is 160 Å². The fraction of sp³-hybridized carbons (Fsp3) is 0.200.